The Kier molecular flexibility index (Phi) is 12.9. The molecule has 0 saturated heterocycles. The van der Waals surface area contributed by atoms with Crippen molar-refractivity contribution in [1.82, 2.24) is 16.1 Å². The molecule has 246 valence electrons. The van der Waals surface area contributed by atoms with Crippen molar-refractivity contribution in [3.63, 3.8) is 0 Å². The molecule has 3 aromatic rings. The Labute approximate surface area is 288 Å². The molecular weight excluding hydrogens is 684 g/mol. The molecule has 4 rings (SSSR count). The van der Waals surface area contributed by atoms with Gasteiger partial charge in [0.2, 0.25) is 0 Å². The highest BCUT2D eigenvalue weighted by Crippen LogP contribution is 2.35. The van der Waals surface area contributed by atoms with Crippen LogP contribution >= 0.6 is 28.1 Å². The molecule has 1 aliphatic heterocycles. The van der Waals surface area contributed by atoms with E-state index in [9.17, 15) is 9.59 Å². The Morgan fingerprint density at radius 3 is 2.53 bits per heavy atom. The lowest BCUT2D eigenvalue weighted by Crippen LogP contribution is -2.45. The van der Waals surface area contributed by atoms with Crippen LogP contribution in [-0.2, 0) is 27.4 Å². The summed E-state index contributed by atoms with van der Waals surface area (Å²) in [6.07, 6.45) is 3.86. The molecule has 3 aromatic carbocycles. The quantitative estimate of drug-likeness (QED) is 0.0568. The van der Waals surface area contributed by atoms with E-state index in [4.69, 9.17) is 31.2 Å². The Bertz CT molecular complexity index is 1670. The number of nitrogens with one attached hydrogen (secondary N) is 3. The molecule has 0 aliphatic carbocycles. The van der Waals surface area contributed by atoms with E-state index in [0.29, 0.717) is 64.4 Å². The van der Waals surface area contributed by atoms with Gasteiger partial charge < -0.3 is 29.6 Å². The molecule has 3 N–H and O–H groups in total. The summed E-state index contributed by atoms with van der Waals surface area (Å²) in [5.41, 5.74) is 6.66. The minimum atomic E-state index is -0.633. The first-order valence-electron chi connectivity index (χ1n) is 15.0. The van der Waals surface area contributed by atoms with Gasteiger partial charge in [0.15, 0.2) is 23.2 Å². The zero-order valence-electron chi connectivity index (χ0n) is 26.4. The summed E-state index contributed by atoms with van der Waals surface area (Å²) in [4.78, 5) is 25.6. The van der Waals surface area contributed by atoms with Crippen molar-refractivity contribution in [2.24, 2.45) is 5.10 Å². The van der Waals surface area contributed by atoms with Crippen molar-refractivity contribution < 1.29 is 28.5 Å². The van der Waals surface area contributed by atoms with Crippen molar-refractivity contribution in [3.8, 4) is 17.2 Å². The van der Waals surface area contributed by atoms with Crippen molar-refractivity contribution >= 4 is 51.4 Å². The fourth-order valence-electron chi connectivity index (χ4n) is 4.84. The van der Waals surface area contributed by atoms with E-state index in [1.165, 1.54) is 6.21 Å². The van der Waals surface area contributed by atoms with Crippen molar-refractivity contribution in [2.75, 3.05) is 19.8 Å². The summed E-state index contributed by atoms with van der Waals surface area (Å²) >= 11 is 8.79. The fraction of sp³-hybridized carbons (Fsp3) is 0.257. The number of allylic oxidation sites excluding steroid dienone is 2. The van der Waals surface area contributed by atoms with Gasteiger partial charge in [-0.15, -0.1) is 6.58 Å². The van der Waals surface area contributed by atoms with Crippen LogP contribution in [-0.4, -0.2) is 43.0 Å². The van der Waals surface area contributed by atoms with E-state index >= 15 is 0 Å². The van der Waals surface area contributed by atoms with E-state index in [1.807, 2.05) is 49.4 Å². The molecule has 0 spiro atoms. The van der Waals surface area contributed by atoms with Gasteiger partial charge in [0, 0.05) is 21.3 Å². The zero-order valence-corrected chi connectivity index (χ0v) is 28.8. The SMILES string of the molecule is C=CCc1cc(C=NNC(=O)COc2ccccc2[C@@H]2NC(=S)NC(C)=C2C(=O)OCC)cc(OCC)c1OCc1ccc(Br)cc1. The van der Waals surface area contributed by atoms with E-state index in [1.54, 1.807) is 38.1 Å². The Morgan fingerprint density at radius 1 is 1.04 bits per heavy atom. The van der Waals surface area contributed by atoms with Gasteiger partial charge in [-0.1, -0.05) is 52.3 Å². The maximum atomic E-state index is 12.8. The van der Waals surface area contributed by atoms with Crippen LogP contribution in [0.5, 0.6) is 17.2 Å². The molecule has 0 unspecified atom stereocenters. The normalized spacial score (nSPS) is 14.2. The number of benzene rings is 3. The number of ether oxygens (including phenoxy) is 4. The van der Waals surface area contributed by atoms with E-state index in [2.05, 4.69) is 43.7 Å². The number of amides is 1. The predicted molar refractivity (Wildman–Crippen MR) is 189 cm³/mol. The maximum Gasteiger partial charge on any atom is 0.338 e. The fourth-order valence-corrected chi connectivity index (χ4v) is 5.37. The molecule has 1 amide bonds. The molecular formula is C35H37BrN4O6S. The molecule has 10 nitrogen and oxygen atoms in total. The summed E-state index contributed by atoms with van der Waals surface area (Å²) in [6.45, 7) is 9.97. The minimum Gasteiger partial charge on any atom is -0.490 e. The number of para-hydroxylation sites is 1. The summed E-state index contributed by atoms with van der Waals surface area (Å²) in [7, 11) is 0. The average Bonchev–Trinajstić information content (AvgIpc) is 3.04. The molecule has 0 bridgehead atoms. The number of esters is 1. The van der Waals surface area contributed by atoms with Crippen LogP contribution < -0.4 is 30.3 Å². The van der Waals surface area contributed by atoms with Crippen LogP contribution in [0.25, 0.3) is 0 Å². The first kappa shape index (κ1) is 35.2. The summed E-state index contributed by atoms with van der Waals surface area (Å²) in [6, 6.07) is 18.1. The second kappa shape index (κ2) is 17.3. The monoisotopic (exact) mass is 720 g/mol. The lowest BCUT2D eigenvalue weighted by molar-refractivity contribution is -0.139. The highest BCUT2D eigenvalue weighted by Gasteiger charge is 2.32. The van der Waals surface area contributed by atoms with Gasteiger partial charge >= 0.3 is 5.97 Å². The second-order valence-electron chi connectivity index (χ2n) is 10.3. The topological polar surface area (TPSA) is 120 Å². The number of rotatable bonds is 15. The van der Waals surface area contributed by atoms with Crippen LogP contribution in [0.4, 0.5) is 0 Å². The second-order valence-corrected chi connectivity index (χ2v) is 11.6. The third-order valence-corrected chi connectivity index (χ3v) is 7.62. The number of thiocarbonyl (C=S) groups is 1. The minimum absolute atomic E-state index is 0.221. The highest BCUT2D eigenvalue weighted by atomic mass is 79.9. The highest BCUT2D eigenvalue weighted by molar-refractivity contribution is 9.10. The van der Waals surface area contributed by atoms with E-state index in [0.717, 1.165) is 15.6 Å². The molecule has 0 aromatic heterocycles. The number of hydrogen-bond acceptors (Lipinski definition) is 8. The maximum absolute atomic E-state index is 12.8. The lowest BCUT2D eigenvalue weighted by atomic mass is 9.95. The van der Waals surface area contributed by atoms with Gasteiger partial charge in [-0.25, -0.2) is 10.2 Å². The van der Waals surface area contributed by atoms with Crippen LogP contribution in [0.3, 0.4) is 0 Å². The van der Waals surface area contributed by atoms with Gasteiger partial charge in [0.25, 0.3) is 5.91 Å². The summed E-state index contributed by atoms with van der Waals surface area (Å²) in [5, 5.41) is 10.6. The Hall–Kier alpha value is -4.68. The lowest BCUT2D eigenvalue weighted by Gasteiger charge is -2.30. The predicted octanol–water partition coefficient (Wildman–Crippen LogP) is 6.04. The average molecular weight is 722 g/mol. The third-order valence-electron chi connectivity index (χ3n) is 6.87. The molecule has 0 fully saturated rings. The van der Waals surface area contributed by atoms with Crippen LogP contribution in [0, 0.1) is 0 Å². The first-order valence-corrected chi connectivity index (χ1v) is 16.2. The Morgan fingerprint density at radius 2 is 1.81 bits per heavy atom. The van der Waals surface area contributed by atoms with Crippen LogP contribution in [0.2, 0.25) is 0 Å². The number of nitrogens with zero attached hydrogens (tertiary/aromatic N) is 1. The standard InChI is InChI=1S/C35H37BrN4O6S/c1-5-10-25-17-24(18-29(43-6-2)33(25)46-20-23-13-15-26(36)16-14-23)19-37-40-30(41)21-45-28-12-9-8-11-27(28)32-31(34(42)44-7-3)22(4)38-35(47)39-32/h5,8-9,11-19,32H,1,6-7,10,20-21H2,2-4H3,(H,40,41)(H2,38,39,47)/t32-/m0/s1. The molecule has 1 aliphatic rings. The van der Waals surface area contributed by atoms with Gasteiger partial charge in [-0.05, 0) is 80.9 Å². The molecule has 0 radical (unpaired) electrons. The largest absolute Gasteiger partial charge is 0.490 e. The zero-order chi connectivity index (χ0) is 33.8. The summed E-state index contributed by atoms with van der Waals surface area (Å²) < 4.78 is 24.3. The Balaban J connectivity index is 1.45. The van der Waals surface area contributed by atoms with E-state index < -0.39 is 17.9 Å². The van der Waals surface area contributed by atoms with Gasteiger partial charge in [-0.2, -0.15) is 5.10 Å². The number of carbonyl (C=O) groups is 2. The van der Waals surface area contributed by atoms with Crippen LogP contribution in [0.1, 0.15) is 49.1 Å². The number of carbonyl (C=O) groups excluding carboxylic acids is 2. The van der Waals surface area contributed by atoms with Gasteiger partial charge in [0.05, 0.1) is 31.0 Å². The van der Waals surface area contributed by atoms with Crippen molar-refractivity contribution in [1.29, 1.82) is 0 Å². The molecule has 12 heteroatoms. The molecule has 0 saturated carbocycles. The molecule has 1 heterocycles. The van der Waals surface area contributed by atoms with Crippen molar-refractivity contribution in [3.05, 3.63) is 111 Å². The van der Waals surface area contributed by atoms with Gasteiger partial charge in [0.1, 0.15) is 12.4 Å². The molecule has 1 atom stereocenters. The number of hydrazone groups is 1. The first-order chi connectivity index (χ1) is 22.7. The third kappa shape index (κ3) is 9.66. The molecule has 47 heavy (non-hydrogen) atoms. The summed E-state index contributed by atoms with van der Waals surface area (Å²) in [5.74, 6) is 0.634. The smallest absolute Gasteiger partial charge is 0.338 e. The van der Waals surface area contributed by atoms with Crippen molar-refractivity contribution in [2.45, 2.75) is 39.8 Å². The van der Waals surface area contributed by atoms with Gasteiger partial charge in [-0.3, -0.25) is 4.79 Å². The number of hydrogen-bond donors (Lipinski definition) is 3. The van der Waals surface area contributed by atoms with E-state index in [-0.39, 0.29) is 13.2 Å². The van der Waals surface area contributed by atoms with Crippen LogP contribution in [0.15, 0.2) is 94.2 Å². The number of halogens is 1.